The second-order valence-corrected chi connectivity index (χ2v) is 4.26. The Balaban J connectivity index is 2.31. The first-order chi connectivity index (χ1) is 8.65. The van der Waals surface area contributed by atoms with E-state index in [2.05, 4.69) is 10.6 Å². The van der Waals surface area contributed by atoms with Crippen LogP contribution in [0, 0.1) is 0 Å². The van der Waals surface area contributed by atoms with Gasteiger partial charge in [0.2, 0.25) is 0 Å². The Labute approximate surface area is 112 Å². The fourth-order valence-electron chi connectivity index (χ4n) is 1.41. The average molecular weight is 269 g/mol. The predicted molar refractivity (Wildman–Crippen MR) is 71.5 cm³/mol. The van der Waals surface area contributed by atoms with Crippen molar-refractivity contribution in [2.75, 3.05) is 13.1 Å². The molecular weight excluding hydrogens is 252 g/mol. The molecule has 0 saturated carbocycles. The zero-order valence-electron chi connectivity index (χ0n) is 10.3. The number of amides is 2. The second kappa shape index (κ2) is 7.71. The van der Waals surface area contributed by atoms with Crippen molar-refractivity contribution in [1.82, 2.24) is 10.6 Å². The molecular formula is C13H17ClN2O2. The number of rotatable bonds is 5. The Kier molecular flexibility index (Phi) is 6.22. The molecule has 0 bridgehead atoms. The lowest BCUT2D eigenvalue weighted by Gasteiger charge is -2.06. The van der Waals surface area contributed by atoms with Crippen LogP contribution < -0.4 is 10.6 Å². The molecule has 2 N–H and O–H groups in total. The Morgan fingerprint density at radius 2 is 1.72 bits per heavy atom. The number of hydrogen-bond acceptors (Lipinski definition) is 2. The fourth-order valence-corrected chi connectivity index (χ4v) is 1.64. The zero-order valence-corrected chi connectivity index (χ0v) is 11.1. The van der Waals surface area contributed by atoms with Gasteiger partial charge in [-0.05, 0) is 24.5 Å². The van der Waals surface area contributed by atoms with E-state index in [1.807, 2.05) is 25.1 Å². The molecule has 98 valence electrons. The molecule has 0 aromatic heterocycles. The van der Waals surface area contributed by atoms with E-state index in [0.717, 1.165) is 12.0 Å². The van der Waals surface area contributed by atoms with Crippen molar-refractivity contribution in [2.45, 2.75) is 19.8 Å². The number of halogens is 1. The minimum Gasteiger partial charge on any atom is -0.348 e. The number of nitrogens with one attached hydrogen (secondary N) is 2. The van der Waals surface area contributed by atoms with Gasteiger partial charge in [0.25, 0.3) is 0 Å². The van der Waals surface area contributed by atoms with Gasteiger partial charge in [0.15, 0.2) is 0 Å². The highest BCUT2D eigenvalue weighted by atomic mass is 35.5. The van der Waals surface area contributed by atoms with Gasteiger partial charge < -0.3 is 10.6 Å². The number of carbonyl (C=O) groups is 2. The molecule has 0 aliphatic heterocycles. The van der Waals surface area contributed by atoms with E-state index in [0.29, 0.717) is 24.5 Å². The normalized spacial score (nSPS) is 9.89. The maximum Gasteiger partial charge on any atom is 0.309 e. The number of hydrogen-bond donors (Lipinski definition) is 2. The monoisotopic (exact) mass is 268 g/mol. The Morgan fingerprint density at radius 3 is 2.33 bits per heavy atom. The smallest absolute Gasteiger partial charge is 0.309 e. The van der Waals surface area contributed by atoms with E-state index < -0.39 is 11.8 Å². The Bertz CT molecular complexity index is 421. The summed E-state index contributed by atoms with van der Waals surface area (Å²) in [4.78, 5) is 22.6. The molecule has 18 heavy (non-hydrogen) atoms. The van der Waals surface area contributed by atoms with E-state index in [1.54, 1.807) is 6.07 Å². The molecule has 0 heterocycles. The van der Waals surface area contributed by atoms with Crippen molar-refractivity contribution < 1.29 is 9.59 Å². The van der Waals surface area contributed by atoms with Gasteiger partial charge in [0.05, 0.1) is 0 Å². The lowest BCUT2D eigenvalue weighted by molar-refractivity contribution is -0.139. The summed E-state index contributed by atoms with van der Waals surface area (Å²) in [6, 6.07) is 7.43. The highest BCUT2D eigenvalue weighted by Crippen LogP contribution is 2.14. The highest BCUT2D eigenvalue weighted by Gasteiger charge is 2.11. The molecule has 5 heteroatoms. The van der Waals surface area contributed by atoms with Crippen molar-refractivity contribution in [3.05, 3.63) is 34.9 Å². The van der Waals surface area contributed by atoms with Gasteiger partial charge in [-0.15, -0.1) is 0 Å². The van der Waals surface area contributed by atoms with Gasteiger partial charge in [-0.25, -0.2) is 0 Å². The van der Waals surface area contributed by atoms with E-state index in [4.69, 9.17) is 11.6 Å². The summed E-state index contributed by atoms with van der Waals surface area (Å²) in [6.45, 7) is 2.83. The summed E-state index contributed by atoms with van der Waals surface area (Å²) in [6.07, 6.45) is 1.41. The van der Waals surface area contributed by atoms with Crippen LogP contribution in [0.4, 0.5) is 0 Å². The van der Waals surface area contributed by atoms with Crippen molar-refractivity contribution in [3.8, 4) is 0 Å². The molecule has 2 amide bonds. The van der Waals surface area contributed by atoms with Crippen LogP contribution >= 0.6 is 11.6 Å². The standard InChI is InChI=1S/C13H17ClN2O2/c1-2-8-15-12(17)13(18)16-9-7-10-5-3-4-6-11(10)14/h3-6H,2,7-9H2,1H3,(H,15,17)(H,16,18). The second-order valence-electron chi connectivity index (χ2n) is 3.85. The molecule has 0 radical (unpaired) electrons. The van der Waals surface area contributed by atoms with Gasteiger partial charge in [-0.3, -0.25) is 9.59 Å². The molecule has 1 rings (SSSR count). The van der Waals surface area contributed by atoms with Crippen LogP contribution in [-0.2, 0) is 16.0 Å². The quantitative estimate of drug-likeness (QED) is 0.796. The van der Waals surface area contributed by atoms with Crippen LogP contribution in [0.3, 0.4) is 0 Å². The minimum atomic E-state index is -0.601. The van der Waals surface area contributed by atoms with Gasteiger partial charge >= 0.3 is 11.8 Å². The van der Waals surface area contributed by atoms with E-state index >= 15 is 0 Å². The first-order valence-electron chi connectivity index (χ1n) is 5.94. The number of carbonyl (C=O) groups excluding carboxylic acids is 2. The van der Waals surface area contributed by atoms with Gasteiger partial charge in [0, 0.05) is 18.1 Å². The Hall–Kier alpha value is -1.55. The van der Waals surface area contributed by atoms with Crippen molar-refractivity contribution in [1.29, 1.82) is 0 Å². The van der Waals surface area contributed by atoms with Crippen molar-refractivity contribution >= 4 is 23.4 Å². The van der Waals surface area contributed by atoms with Crippen LogP contribution in [0.1, 0.15) is 18.9 Å². The largest absolute Gasteiger partial charge is 0.348 e. The summed E-state index contributed by atoms with van der Waals surface area (Å²) in [5, 5.41) is 5.74. The summed E-state index contributed by atoms with van der Waals surface area (Å²) in [5.41, 5.74) is 0.952. The zero-order chi connectivity index (χ0) is 13.4. The molecule has 0 aliphatic rings. The SMILES string of the molecule is CCCNC(=O)C(=O)NCCc1ccccc1Cl. The highest BCUT2D eigenvalue weighted by molar-refractivity contribution is 6.35. The van der Waals surface area contributed by atoms with E-state index in [9.17, 15) is 9.59 Å². The van der Waals surface area contributed by atoms with Crippen LogP contribution in [0.15, 0.2) is 24.3 Å². The van der Waals surface area contributed by atoms with Gasteiger partial charge in [-0.1, -0.05) is 36.7 Å². The molecule has 4 nitrogen and oxygen atoms in total. The number of benzene rings is 1. The van der Waals surface area contributed by atoms with E-state index in [1.165, 1.54) is 0 Å². The van der Waals surface area contributed by atoms with Crippen LogP contribution in [-0.4, -0.2) is 24.9 Å². The van der Waals surface area contributed by atoms with Crippen molar-refractivity contribution in [3.63, 3.8) is 0 Å². The molecule has 0 spiro atoms. The van der Waals surface area contributed by atoms with Gasteiger partial charge in [-0.2, -0.15) is 0 Å². The molecule has 0 fully saturated rings. The van der Waals surface area contributed by atoms with Crippen LogP contribution in [0.25, 0.3) is 0 Å². The minimum absolute atomic E-state index is 0.391. The first-order valence-corrected chi connectivity index (χ1v) is 6.32. The maximum atomic E-state index is 11.4. The van der Waals surface area contributed by atoms with E-state index in [-0.39, 0.29) is 0 Å². The molecule has 0 atom stereocenters. The Morgan fingerprint density at radius 1 is 1.11 bits per heavy atom. The van der Waals surface area contributed by atoms with Crippen molar-refractivity contribution in [2.24, 2.45) is 0 Å². The molecule has 1 aromatic carbocycles. The third-order valence-electron chi connectivity index (χ3n) is 2.38. The first kappa shape index (κ1) is 14.5. The summed E-state index contributed by atoms with van der Waals surface area (Å²) in [7, 11) is 0. The summed E-state index contributed by atoms with van der Waals surface area (Å²) in [5.74, 6) is -1.19. The fraction of sp³-hybridized carbons (Fsp3) is 0.385. The average Bonchev–Trinajstić information content (AvgIpc) is 2.38. The van der Waals surface area contributed by atoms with Gasteiger partial charge in [0.1, 0.15) is 0 Å². The summed E-state index contributed by atoms with van der Waals surface area (Å²) >= 11 is 5.98. The van der Waals surface area contributed by atoms with Crippen LogP contribution in [0.5, 0.6) is 0 Å². The molecule has 0 saturated heterocycles. The lowest BCUT2D eigenvalue weighted by atomic mass is 10.1. The molecule has 1 aromatic rings. The third-order valence-corrected chi connectivity index (χ3v) is 2.75. The lowest BCUT2D eigenvalue weighted by Crippen LogP contribution is -2.40. The molecule has 0 unspecified atom stereocenters. The molecule has 0 aliphatic carbocycles. The third kappa shape index (κ3) is 4.75. The maximum absolute atomic E-state index is 11.4. The predicted octanol–water partition coefficient (Wildman–Crippen LogP) is 1.52. The summed E-state index contributed by atoms with van der Waals surface area (Å²) < 4.78 is 0. The topological polar surface area (TPSA) is 58.2 Å². The van der Waals surface area contributed by atoms with Crippen LogP contribution in [0.2, 0.25) is 5.02 Å².